The normalized spacial score (nSPS) is 10.5. The zero-order valence-electron chi connectivity index (χ0n) is 12.2. The van der Waals surface area contributed by atoms with Crippen LogP contribution in [0.4, 0.5) is 0 Å². The molecule has 1 aromatic carbocycles. The minimum absolute atomic E-state index is 0.0842. The zero-order valence-corrected chi connectivity index (χ0v) is 13.1. The number of benzene rings is 1. The van der Waals surface area contributed by atoms with Crippen LogP contribution in [0.3, 0.4) is 0 Å². The van der Waals surface area contributed by atoms with E-state index < -0.39 is 0 Å². The van der Waals surface area contributed by atoms with Crippen molar-refractivity contribution in [2.75, 3.05) is 0 Å². The van der Waals surface area contributed by atoms with Crippen LogP contribution >= 0.6 is 12.2 Å². The summed E-state index contributed by atoms with van der Waals surface area (Å²) in [6.07, 6.45) is 5.27. The van der Waals surface area contributed by atoms with Crippen molar-refractivity contribution >= 4 is 12.2 Å². The van der Waals surface area contributed by atoms with Crippen LogP contribution in [0.2, 0.25) is 0 Å². The molecule has 0 fully saturated rings. The van der Waals surface area contributed by atoms with Gasteiger partial charge in [0.25, 0.3) is 5.56 Å². The van der Waals surface area contributed by atoms with Crippen LogP contribution in [0.5, 0.6) is 0 Å². The molecule has 0 unspecified atom stereocenters. The molecule has 0 bridgehead atoms. The summed E-state index contributed by atoms with van der Waals surface area (Å²) in [5, 5.41) is 0. The van der Waals surface area contributed by atoms with E-state index in [1.165, 1.54) is 11.1 Å². The Morgan fingerprint density at radius 3 is 2.76 bits per heavy atom. The van der Waals surface area contributed by atoms with E-state index in [1.807, 2.05) is 13.0 Å². The Kier molecular flexibility index (Phi) is 5.28. The van der Waals surface area contributed by atoms with Gasteiger partial charge in [0.05, 0.1) is 0 Å². The fourth-order valence-electron chi connectivity index (χ4n) is 2.45. The molecule has 110 valence electrons. The van der Waals surface area contributed by atoms with Crippen LogP contribution in [-0.4, -0.2) is 9.97 Å². The fraction of sp³-hybridized carbons (Fsp3) is 0.294. The number of aromatic nitrogens is 2. The smallest absolute Gasteiger partial charge is 0.255 e. The van der Waals surface area contributed by atoms with Crippen LogP contribution in [-0.2, 0) is 19.3 Å². The van der Waals surface area contributed by atoms with Crippen LogP contribution < -0.4 is 5.56 Å². The minimum atomic E-state index is -0.0842. The minimum Gasteiger partial charge on any atom is -0.335 e. The van der Waals surface area contributed by atoms with Gasteiger partial charge in [0.1, 0.15) is 0 Å². The molecule has 0 radical (unpaired) electrons. The lowest BCUT2D eigenvalue weighted by Gasteiger charge is -2.08. The highest BCUT2D eigenvalue weighted by molar-refractivity contribution is 7.71. The molecule has 0 saturated heterocycles. The third-order valence-corrected chi connectivity index (χ3v) is 3.70. The first-order valence-electron chi connectivity index (χ1n) is 7.17. The van der Waals surface area contributed by atoms with Crippen molar-refractivity contribution in [3.05, 3.63) is 74.4 Å². The summed E-state index contributed by atoms with van der Waals surface area (Å²) >= 11 is 5.07. The van der Waals surface area contributed by atoms with Crippen molar-refractivity contribution in [2.45, 2.75) is 32.6 Å². The molecule has 0 spiro atoms. The molecule has 0 saturated carbocycles. The average Bonchev–Trinajstić information content (AvgIpc) is 2.45. The standard InChI is InChI=1S/C17H20N2OS/c1-3-5-7-12-8-6-9-13(10-12)11-15-14(4-2)16(20)19-17(21)18-15/h3,6,8-10H,1,4-5,7,11H2,2H3,(H2,18,19,20,21). The van der Waals surface area contributed by atoms with Gasteiger partial charge in [-0.2, -0.15) is 0 Å². The Morgan fingerprint density at radius 1 is 1.29 bits per heavy atom. The molecule has 0 aliphatic heterocycles. The number of aryl methyl sites for hydroxylation is 1. The van der Waals surface area contributed by atoms with Gasteiger partial charge in [-0.3, -0.25) is 9.78 Å². The molecule has 21 heavy (non-hydrogen) atoms. The monoisotopic (exact) mass is 300 g/mol. The van der Waals surface area contributed by atoms with E-state index >= 15 is 0 Å². The van der Waals surface area contributed by atoms with Crippen LogP contribution in [0.25, 0.3) is 0 Å². The van der Waals surface area contributed by atoms with Crippen molar-refractivity contribution in [2.24, 2.45) is 0 Å². The third-order valence-electron chi connectivity index (χ3n) is 3.49. The predicted molar refractivity (Wildman–Crippen MR) is 89.4 cm³/mol. The highest BCUT2D eigenvalue weighted by Crippen LogP contribution is 2.13. The van der Waals surface area contributed by atoms with Gasteiger partial charge < -0.3 is 4.98 Å². The zero-order chi connectivity index (χ0) is 15.2. The molecular weight excluding hydrogens is 280 g/mol. The Labute approximate surface area is 129 Å². The van der Waals surface area contributed by atoms with Crippen LogP contribution in [0.1, 0.15) is 35.7 Å². The van der Waals surface area contributed by atoms with Gasteiger partial charge >= 0.3 is 0 Å². The summed E-state index contributed by atoms with van der Waals surface area (Å²) in [6.45, 7) is 5.73. The van der Waals surface area contributed by atoms with E-state index in [9.17, 15) is 4.79 Å². The molecule has 4 heteroatoms. The average molecular weight is 300 g/mol. The molecular formula is C17H20N2OS. The lowest BCUT2D eigenvalue weighted by Crippen LogP contribution is -2.17. The van der Waals surface area contributed by atoms with E-state index in [2.05, 4.69) is 40.8 Å². The van der Waals surface area contributed by atoms with Gasteiger partial charge in [-0.1, -0.05) is 37.3 Å². The summed E-state index contributed by atoms with van der Waals surface area (Å²) < 4.78 is 0.384. The Hall–Kier alpha value is -1.94. The summed E-state index contributed by atoms with van der Waals surface area (Å²) in [5.74, 6) is 0. The van der Waals surface area contributed by atoms with Gasteiger partial charge in [0, 0.05) is 17.7 Å². The first kappa shape index (κ1) is 15.4. The molecule has 3 nitrogen and oxygen atoms in total. The molecule has 1 aromatic heterocycles. The number of allylic oxidation sites excluding steroid dienone is 1. The van der Waals surface area contributed by atoms with Gasteiger partial charge in [-0.25, -0.2) is 0 Å². The molecule has 2 rings (SSSR count). The largest absolute Gasteiger partial charge is 0.335 e. The lowest BCUT2D eigenvalue weighted by molar-refractivity contribution is 0.908. The topological polar surface area (TPSA) is 48.6 Å². The maximum absolute atomic E-state index is 11.9. The maximum Gasteiger partial charge on any atom is 0.255 e. The van der Waals surface area contributed by atoms with Crippen molar-refractivity contribution in [1.29, 1.82) is 0 Å². The SMILES string of the molecule is C=CCCc1cccc(Cc2[nH]c(=S)[nH]c(=O)c2CC)c1. The predicted octanol–water partition coefficient (Wildman–Crippen LogP) is 3.70. The van der Waals surface area contributed by atoms with E-state index in [0.717, 1.165) is 24.1 Å². The summed E-state index contributed by atoms with van der Waals surface area (Å²) in [7, 11) is 0. The van der Waals surface area contributed by atoms with Gasteiger partial charge in [0.2, 0.25) is 0 Å². The number of aromatic amines is 2. The highest BCUT2D eigenvalue weighted by Gasteiger charge is 2.07. The van der Waals surface area contributed by atoms with Crippen LogP contribution in [0, 0.1) is 4.77 Å². The Balaban J connectivity index is 2.32. The molecule has 0 atom stereocenters. The molecule has 2 aromatic rings. The van der Waals surface area contributed by atoms with Gasteiger partial charge in [-0.15, -0.1) is 6.58 Å². The third kappa shape index (κ3) is 4.02. The fourth-order valence-corrected chi connectivity index (χ4v) is 2.67. The van der Waals surface area contributed by atoms with E-state index in [1.54, 1.807) is 0 Å². The number of nitrogens with one attached hydrogen (secondary N) is 2. The van der Waals surface area contributed by atoms with Crippen molar-refractivity contribution in [3.63, 3.8) is 0 Å². The number of rotatable bonds is 6. The second kappa shape index (κ2) is 7.18. The molecule has 0 amide bonds. The summed E-state index contributed by atoms with van der Waals surface area (Å²) in [4.78, 5) is 17.7. The van der Waals surface area contributed by atoms with Crippen molar-refractivity contribution in [3.8, 4) is 0 Å². The molecule has 1 heterocycles. The first-order valence-corrected chi connectivity index (χ1v) is 7.58. The second-order valence-electron chi connectivity index (χ2n) is 5.04. The lowest BCUT2D eigenvalue weighted by atomic mass is 10.0. The molecule has 2 N–H and O–H groups in total. The maximum atomic E-state index is 11.9. The van der Waals surface area contributed by atoms with Gasteiger partial charge in [0.15, 0.2) is 4.77 Å². The highest BCUT2D eigenvalue weighted by atomic mass is 32.1. The van der Waals surface area contributed by atoms with Crippen LogP contribution in [0.15, 0.2) is 41.7 Å². The molecule has 0 aliphatic carbocycles. The second-order valence-corrected chi connectivity index (χ2v) is 5.45. The van der Waals surface area contributed by atoms with E-state index in [0.29, 0.717) is 17.6 Å². The number of hydrogen-bond acceptors (Lipinski definition) is 2. The first-order chi connectivity index (χ1) is 10.1. The van der Waals surface area contributed by atoms with Gasteiger partial charge in [-0.05, 0) is 42.6 Å². The number of H-pyrrole nitrogens is 2. The summed E-state index contributed by atoms with van der Waals surface area (Å²) in [6, 6.07) is 8.44. The summed E-state index contributed by atoms with van der Waals surface area (Å²) in [5.41, 5.74) is 4.07. The quantitative estimate of drug-likeness (QED) is 0.631. The Bertz CT molecular complexity index is 743. The van der Waals surface area contributed by atoms with E-state index in [-0.39, 0.29) is 5.56 Å². The molecule has 0 aliphatic rings. The van der Waals surface area contributed by atoms with E-state index in [4.69, 9.17) is 12.2 Å². The van der Waals surface area contributed by atoms with Crippen molar-refractivity contribution in [1.82, 2.24) is 9.97 Å². The Morgan fingerprint density at radius 2 is 2.05 bits per heavy atom. The van der Waals surface area contributed by atoms with Crippen molar-refractivity contribution < 1.29 is 0 Å². The number of hydrogen-bond donors (Lipinski definition) is 2.